The van der Waals surface area contributed by atoms with E-state index in [1.807, 2.05) is 0 Å². The number of nitrogens with two attached hydrogens (primary N) is 1. The zero-order valence-electron chi connectivity index (χ0n) is 10.5. The van der Waals surface area contributed by atoms with Gasteiger partial charge in [0, 0.05) is 13.1 Å². The van der Waals surface area contributed by atoms with Gasteiger partial charge in [0.1, 0.15) is 0 Å². The van der Waals surface area contributed by atoms with Crippen molar-refractivity contribution in [1.29, 1.82) is 0 Å². The lowest BCUT2D eigenvalue weighted by molar-refractivity contribution is 0.162. The van der Waals surface area contributed by atoms with E-state index in [9.17, 15) is 0 Å². The van der Waals surface area contributed by atoms with Crippen molar-refractivity contribution in [3.8, 4) is 0 Å². The fourth-order valence-electron chi connectivity index (χ4n) is 3.67. The zero-order valence-corrected chi connectivity index (χ0v) is 10.5. The molecule has 2 aliphatic rings. The van der Waals surface area contributed by atoms with Crippen LogP contribution in [0.1, 0.15) is 30.4 Å². The molecule has 0 radical (unpaired) electrons. The molecule has 1 saturated heterocycles. The van der Waals surface area contributed by atoms with Crippen molar-refractivity contribution in [2.45, 2.75) is 31.1 Å². The average molecular weight is 230 g/mol. The lowest BCUT2D eigenvalue weighted by Gasteiger charge is -2.40. The highest BCUT2D eigenvalue weighted by atomic mass is 15.1. The number of nitrogens with zero attached hydrogens (tertiary/aromatic N) is 1. The topological polar surface area (TPSA) is 29.3 Å². The van der Waals surface area contributed by atoms with E-state index in [4.69, 9.17) is 5.73 Å². The Bertz CT molecular complexity index is 392. The van der Waals surface area contributed by atoms with Crippen LogP contribution in [0.2, 0.25) is 0 Å². The minimum Gasteiger partial charge on any atom is -0.329 e. The Balaban J connectivity index is 1.78. The van der Waals surface area contributed by atoms with Crippen molar-refractivity contribution in [2.75, 3.05) is 26.2 Å². The summed E-state index contributed by atoms with van der Waals surface area (Å²) in [5.41, 5.74) is 9.38. The van der Waals surface area contributed by atoms with Crippen molar-refractivity contribution in [2.24, 2.45) is 5.73 Å². The Kier molecular flexibility index (Phi) is 2.93. The molecule has 1 aliphatic heterocycles. The maximum absolute atomic E-state index is 5.64. The molecule has 0 amide bonds. The fraction of sp³-hybridized carbons (Fsp3) is 0.600. The van der Waals surface area contributed by atoms with Gasteiger partial charge in [0.05, 0.1) is 0 Å². The van der Waals surface area contributed by atoms with Gasteiger partial charge in [0.2, 0.25) is 0 Å². The number of piperidine rings is 1. The summed E-state index contributed by atoms with van der Waals surface area (Å²) < 4.78 is 0. The third kappa shape index (κ3) is 1.90. The minimum atomic E-state index is 0.502. The molecule has 0 aromatic heterocycles. The summed E-state index contributed by atoms with van der Waals surface area (Å²) in [6, 6.07) is 9.07. The number of aryl methyl sites for hydroxylation is 1. The van der Waals surface area contributed by atoms with Gasteiger partial charge in [-0.3, -0.25) is 0 Å². The molecule has 17 heavy (non-hydrogen) atoms. The third-order valence-electron chi connectivity index (χ3n) is 4.72. The molecule has 1 heterocycles. The van der Waals surface area contributed by atoms with Crippen LogP contribution in [0.15, 0.2) is 24.3 Å². The predicted molar refractivity (Wildman–Crippen MR) is 71.2 cm³/mol. The minimum absolute atomic E-state index is 0.502. The Morgan fingerprint density at radius 1 is 1.12 bits per heavy atom. The molecule has 0 unspecified atom stereocenters. The number of fused-ring (bicyclic) bond motifs is 2. The van der Waals surface area contributed by atoms with Gasteiger partial charge >= 0.3 is 0 Å². The second kappa shape index (κ2) is 4.43. The van der Waals surface area contributed by atoms with Crippen molar-refractivity contribution in [3.63, 3.8) is 0 Å². The van der Waals surface area contributed by atoms with Crippen LogP contribution in [0, 0.1) is 0 Å². The van der Waals surface area contributed by atoms with Gasteiger partial charge in [0.25, 0.3) is 0 Å². The van der Waals surface area contributed by atoms with E-state index < -0.39 is 0 Å². The first-order chi connectivity index (χ1) is 8.34. The van der Waals surface area contributed by atoms with Gasteiger partial charge in [-0.1, -0.05) is 24.3 Å². The number of hydrogen-bond donors (Lipinski definition) is 1. The number of hydrogen-bond acceptors (Lipinski definition) is 2. The van der Waals surface area contributed by atoms with E-state index in [0.717, 1.165) is 13.1 Å². The summed E-state index contributed by atoms with van der Waals surface area (Å²) in [5, 5.41) is 0. The smallest absolute Gasteiger partial charge is 0.0105 e. The average Bonchev–Trinajstić information content (AvgIpc) is 2.73. The third-order valence-corrected chi connectivity index (χ3v) is 4.72. The molecule has 0 atom stereocenters. The second-order valence-corrected chi connectivity index (χ2v) is 5.57. The van der Waals surface area contributed by atoms with Gasteiger partial charge in [-0.15, -0.1) is 0 Å². The Labute approximate surface area is 104 Å². The Morgan fingerprint density at radius 3 is 2.65 bits per heavy atom. The number of rotatable bonds is 2. The second-order valence-electron chi connectivity index (χ2n) is 5.57. The van der Waals surface area contributed by atoms with Crippen LogP contribution in [-0.2, 0) is 11.8 Å². The molecule has 3 rings (SSSR count). The van der Waals surface area contributed by atoms with Gasteiger partial charge in [0.15, 0.2) is 0 Å². The Hall–Kier alpha value is -0.860. The van der Waals surface area contributed by atoms with Gasteiger partial charge in [-0.2, -0.15) is 0 Å². The van der Waals surface area contributed by atoms with E-state index in [0.29, 0.717) is 5.41 Å². The first-order valence-corrected chi connectivity index (χ1v) is 6.85. The molecule has 2 heteroatoms. The molecule has 0 bridgehead atoms. The van der Waals surface area contributed by atoms with Crippen LogP contribution in [-0.4, -0.2) is 31.1 Å². The van der Waals surface area contributed by atoms with Gasteiger partial charge < -0.3 is 10.6 Å². The summed E-state index contributed by atoms with van der Waals surface area (Å²) in [6.45, 7) is 4.32. The quantitative estimate of drug-likeness (QED) is 0.841. The first kappa shape index (κ1) is 11.2. The van der Waals surface area contributed by atoms with Crippen LogP contribution >= 0.6 is 0 Å². The molecule has 0 saturated carbocycles. The van der Waals surface area contributed by atoms with Crippen molar-refractivity contribution in [1.82, 2.24) is 4.90 Å². The molecule has 1 spiro atoms. The first-order valence-electron chi connectivity index (χ1n) is 6.85. The molecular formula is C15H22N2. The zero-order chi connectivity index (χ0) is 11.7. The predicted octanol–water partition coefficient (Wildman–Crippen LogP) is 1.93. The van der Waals surface area contributed by atoms with Crippen molar-refractivity contribution in [3.05, 3.63) is 35.4 Å². The maximum Gasteiger partial charge on any atom is 0.0105 e. The van der Waals surface area contributed by atoms with Crippen LogP contribution < -0.4 is 5.73 Å². The maximum atomic E-state index is 5.64. The normalized spacial score (nSPS) is 22.9. The lowest BCUT2D eigenvalue weighted by atomic mass is 9.74. The van der Waals surface area contributed by atoms with E-state index in [1.165, 1.54) is 38.8 Å². The highest BCUT2D eigenvalue weighted by Crippen LogP contribution is 2.45. The molecule has 1 aliphatic carbocycles. The highest BCUT2D eigenvalue weighted by Gasteiger charge is 2.40. The molecule has 1 aromatic carbocycles. The van der Waals surface area contributed by atoms with Crippen LogP contribution in [0.25, 0.3) is 0 Å². The molecule has 92 valence electrons. The largest absolute Gasteiger partial charge is 0.329 e. The Morgan fingerprint density at radius 2 is 1.88 bits per heavy atom. The summed E-state index contributed by atoms with van der Waals surface area (Å²) in [6.07, 6.45) is 5.30. The molecular weight excluding hydrogens is 208 g/mol. The summed E-state index contributed by atoms with van der Waals surface area (Å²) in [7, 11) is 0. The van der Waals surface area contributed by atoms with Gasteiger partial charge in [-0.25, -0.2) is 0 Å². The molecule has 2 N–H and O–H groups in total. The van der Waals surface area contributed by atoms with Gasteiger partial charge in [-0.05, 0) is 55.3 Å². The van der Waals surface area contributed by atoms with Crippen LogP contribution in [0.5, 0.6) is 0 Å². The molecule has 1 aromatic rings. The number of likely N-dealkylation sites (tertiary alicyclic amines) is 1. The van der Waals surface area contributed by atoms with Crippen LogP contribution in [0.3, 0.4) is 0 Å². The van der Waals surface area contributed by atoms with Crippen molar-refractivity contribution >= 4 is 0 Å². The SMILES string of the molecule is NCCN1CCC2(CCc3ccccc32)CC1. The van der Waals surface area contributed by atoms with E-state index in [1.54, 1.807) is 11.1 Å². The monoisotopic (exact) mass is 230 g/mol. The lowest BCUT2D eigenvalue weighted by Crippen LogP contribution is -2.43. The van der Waals surface area contributed by atoms with E-state index in [-0.39, 0.29) is 0 Å². The standard InChI is InChI=1S/C15H22N2/c16-9-12-17-10-7-15(8-11-17)6-5-13-3-1-2-4-14(13)15/h1-4H,5-12,16H2. The summed E-state index contributed by atoms with van der Waals surface area (Å²) in [5.74, 6) is 0. The molecule has 2 nitrogen and oxygen atoms in total. The molecule has 1 fully saturated rings. The van der Waals surface area contributed by atoms with Crippen molar-refractivity contribution < 1.29 is 0 Å². The number of benzene rings is 1. The van der Waals surface area contributed by atoms with Crippen LogP contribution in [0.4, 0.5) is 0 Å². The van der Waals surface area contributed by atoms with E-state index >= 15 is 0 Å². The summed E-state index contributed by atoms with van der Waals surface area (Å²) in [4.78, 5) is 2.52. The summed E-state index contributed by atoms with van der Waals surface area (Å²) >= 11 is 0. The fourth-order valence-corrected chi connectivity index (χ4v) is 3.67. The highest BCUT2D eigenvalue weighted by molar-refractivity contribution is 5.39. The van der Waals surface area contributed by atoms with E-state index in [2.05, 4.69) is 29.2 Å².